The fraction of sp³-hybridized carbons (Fsp3) is 0.250. The number of aliphatic hydroxyl groups is 2. The average molecular weight is 209 g/mol. The minimum Gasteiger partial charge on any atom is -0.394 e. The molecule has 0 aliphatic rings. The maximum atomic E-state index is 7.62. The van der Waals surface area contributed by atoms with E-state index in [4.69, 9.17) is 33.4 Å². The minimum absolute atomic E-state index is 0.125. The van der Waals surface area contributed by atoms with Gasteiger partial charge in [0.2, 0.25) is 0 Å². The Hall–Kier alpha value is -0.280. The van der Waals surface area contributed by atoms with Crippen LogP contribution in [-0.4, -0.2) is 23.4 Å². The molecular weight excluding hydrogens is 199 g/mol. The summed E-state index contributed by atoms with van der Waals surface area (Å²) >= 11 is 11.2. The molecule has 0 fully saturated rings. The second-order valence-corrected chi connectivity index (χ2v) is 2.68. The second-order valence-electron chi connectivity index (χ2n) is 1.86. The molecule has 0 spiro atoms. The molecule has 0 aromatic heterocycles. The van der Waals surface area contributed by atoms with Crippen LogP contribution in [0.3, 0.4) is 0 Å². The van der Waals surface area contributed by atoms with E-state index in [1.807, 2.05) is 12.1 Å². The van der Waals surface area contributed by atoms with Crippen LogP contribution in [0.5, 0.6) is 0 Å². The monoisotopic (exact) mass is 208 g/mol. The van der Waals surface area contributed by atoms with Crippen LogP contribution >= 0.6 is 23.2 Å². The van der Waals surface area contributed by atoms with Crippen molar-refractivity contribution in [2.45, 2.75) is 0 Å². The van der Waals surface area contributed by atoms with Crippen LogP contribution in [0.1, 0.15) is 0 Å². The van der Waals surface area contributed by atoms with Crippen molar-refractivity contribution >= 4 is 23.2 Å². The average Bonchev–Trinajstić information content (AvgIpc) is 2.11. The number of benzene rings is 1. The highest BCUT2D eigenvalue weighted by molar-refractivity contribution is 6.41. The van der Waals surface area contributed by atoms with Crippen molar-refractivity contribution in [3.63, 3.8) is 0 Å². The van der Waals surface area contributed by atoms with Gasteiger partial charge in [0.1, 0.15) is 0 Å². The summed E-state index contributed by atoms with van der Waals surface area (Å²) in [7, 11) is 0. The molecule has 2 N–H and O–H groups in total. The fourth-order valence-electron chi connectivity index (χ4n) is 0.439. The molecule has 0 aliphatic heterocycles. The van der Waals surface area contributed by atoms with Crippen LogP contribution in [0.2, 0.25) is 10.0 Å². The van der Waals surface area contributed by atoms with Crippen molar-refractivity contribution in [3.05, 3.63) is 34.3 Å². The van der Waals surface area contributed by atoms with Gasteiger partial charge in [0.15, 0.2) is 0 Å². The van der Waals surface area contributed by atoms with Crippen molar-refractivity contribution in [3.8, 4) is 0 Å². The zero-order chi connectivity index (χ0) is 9.40. The normalized spacial score (nSPS) is 8.67. The molecule has 0 aliphatic carbocycles. The summed E-state index contributed by atoms with van der Waals surface area (Å²) in [5.41, 5.74) is 0. The molecule has 1 aromatic carbocycles. The second kappa shape index (κ2) is 7.37. The first-order chi connectivity index (χ1) is 5.72. The maximum Gasteiger partial charge on any atom is 0.0662 e. The van der Waals surface area contributed by atoms with Gasteiger partial charge in [-0.1, -0.05) is 35.3 Å². The Kier molecular flexibility index (Phi) is 7.20. The number of rotatable bonds is 1. The van der Waals surface area contributed by atoms with E-state index in [9.17, 15) is 0 Å². The van der Waals surface area contributed by atoms with Gasteiger partial charge in [0, 0.05) is 0 Å². The van der Waals surface area contributed by atoms with Crippen LogP contribution in [-0.2, 0) is 0 Å². The van der Waals surface area contributed by atoms with E-state index in [0.717, 1.165) is 0 Å². The van der Waals surface area contributed by atoms with E-state index in [1.54, 1.807) is 12.1 Å². The molecule has 2 nitrogen and oxygen atoms in total. The van der Waals surface area contributed by atoms with Gasteiger partial charge in [-0.25, -0.2) is 0 Å². The van der Waals surface area contributed by atoms with Crippen molar-refractivity contribution < 1.29 is 10.2 Å². The molecule has 1 aromatic rings. The predicted molar refractivity (Wildman–Crippen MR) is 50.6 cm³/mol. The highest BCUT2D eigenvalue weighted by atomic mass is 35.5. The molecule has 0 saturated carbocycles. The number of halogens is 2. The lowest BCUT2D eigenvalue weighted by atomic mass is 10.4. The van der Waals surface area contributed by atoms with E-state index in [1.165, 1.54) is 0 Å². The van der Waals surface area contributed by atoms with Gasteiger partial charge in [0.25, 0.3) is 0 Å². The van der Waals surface area contributed by atoms with Crippen LogP contribution < -0.4 is 0 Å². The fourth-order valence-corrected chi connectivity index (χ4v) is 0.711. The Balaban J connectivity index is 0.000000261. The van der Waals surface area contributed by atoms with Crippen molar-refractivity contribution in [1.82, 2.24) is 0 Å². The van der Waals surface area contributed by atoms with E-state index in [-0.39, 0.29) is 13.2 Å². The lowest BCUT2D eigenvalue weighted by molar-refractivity contribution is 0.186. The van der Waals surface area contributed by atoms with Gasteiger partial charge in [-0.05, 0) is 12.1 Å². The van der Waals surface area contributed by atoms with Gasteiger partial charge >= 0.3 is 0 Å². The van der Waals surface area contributed by atoms with Crippen LogP contribution in [0, 0.1) is 0 Å². The van der Waals surface area contributed by atoms with Gasteiger partial charge < -0.3 is 10.2 Å². The molecular formula is C8H10Cl2O2. The van der Waals surface area contributed by atoms with Crippen molar-refractivity contribution in [2.75, 3.05) is 13.2 Å². The third kappa shape index (κ3) is 5.38. The molecule has 0 amide bonds. The summed E-state index contributed by atoms with van der Waals surface area (Å²) in [6.45, 7) is -0.250. The Bertz CT molecular complexity index is 193. The molecule has 1 rings (SSSR count). The summed E-state index contributed by atoms with van der Waals surface area (Å²) in [6, 6.07) is 7.19. The molecule has 4 heteroatoms. The van der Waals surface area contributed by atoms with E-state index in [0.29, 0.717) is 10.0 Å². The third-order valence-corrected chi connectivity index (χ3v) is 1.68. The molecule has 0 heterocycles. The highest BCUT2D eigenvalue weighted by Gasteiger charge is 1.89. The van der Waals surface area contributed by atoms with Gasteiger partial charge in [0.05, 0.1) is 23.3 Å². The van der Waals surface area contributed by atoms with Gasteiger partial charge in [-0.3, -0.25) is 0 Å². The maximum absolute atomic E-state index is 7.62. The molecule has 0 atom stereocenters. The zero-order valence-electron chi connectivity index (χ0n) is 6.37. The topological polar surface area (TPSA) is 40.5 Å². The van der Waals surface area contributed by atoms with Crippen LogP contribution in [0.15, 0.2) is 24.3 Å². The number of aliphatic hydroxyl groups excluding tert-OH is 2. The van der Waals surface area contributed by atoms with E-state index in [2.05, 4.69) is 0 Å². The first-order valence-corrected chi connectivity index (χ1v) is 4.09. The summed E-state index contributed by atoms with van der Waals surface area (Å²) < 4.78 is 0. The first kappa shape index (κ1) is 11.7. The summed E-state index contributed by atoms with van der Waals surface area (Å²) in [5.74, 6) is 0. The molecule has 0 bridgehead atoms. The summed E-state index contributed by atoms with van der Waals surface area (Å²) in [6.07, 6.45) is 0. The largest absolute Gasteiger partial charge is 0.394 e. The molecule has 0 unspecified atom stereocenters. The molecule has 12 heavy (non-hydrogen) atoms. The predicted octanol–water partition coefficient (Wildman–Crippen LogP) is 1.96. The van der Waals surface area contributed by atoms with Crippen LogP contribution in [0.4, 0.5) is 0 Å². The SMILES string of the molecule is Clc1ccccc1Cl.OCCO. The highest BCUT2D eigenvalue weighted by Crippen LogP contribution is 2.19. The quantitative estimate of drug-likeness (QED) is 0.742. The van der Waals surface area contributed by atoms with E-state index >= 15 is 0 Å². The van der Waals surface area contributed by atoms with Crippen molar-refractivity contribution in [1.29, 1.82) is 0 Å². The van der Waals surface area contributed by atoms with Gasteiger partial charge in [-0.2, -0.15) is 0 Å². The Morgan fingerprint density at radius 1 is 0.917 bits per heavy atom. The third-order valence-electron chi connectivity index (χ3n) is 0.924. The van der Waals surface area contributed by atoms with Crippen molar-refractivity contribution in [2.24, 2.45) is 0 Å². The lowest BCUT2D eigenvalue weighted by Gasteiger charge is -1.88. The molecule has 68 valence electrons. The smallest absolute Gasteiger partial charge is 0.0662 e. The summed E-state index contributed by atoms with van der Waals surface area (Å²) in [5, 5.41) is 16.5. The standard InChI is InChI=1S/C6H4Cl2.C2H6O2/c7-5-3-1-2-4-6(5)8;3-1-2-4/h1-4H;3-4H,1-2H2. The Labute approximate surface area is 81.4 Å². The zero-order valence-corrected chi connectivity index (χ0v) is 7.89. The van der Waals surface area contributed by atoms with E-state index < -0.39 is 0 Å². The summed E-state index contributed by atoms with van der Waals surface area (Å²) in [4.78, 5) is 0. The lowest BCUT2D eigenvalue weighted by Crippen LogP contribution is -1.85. The molecule has 0 saturated heterocycles. The number of hydrogen-bond acceptors (Lipinski definition) is 2. The minimum atomic E-state index is -0.125. The van der Waals surface area contributed by atoms with Gasteiger partial charge in [-0.15, -0.1) is 0 Å². The first-order valence-electron chi connectivity index (χ1n) is 3.34. The molecule has 0 radical (unpaired) electrons. The van der Waals surface area contributed by atoms with Crippen LogP contribution in [0.25, 0.3) is 0 Å². The number of hydrogen-bond donors (Lipinski definition) is 2. The Morgan fingerprint density at radius 2 is 1.25 bits per heavy atom. The Morgan fingerprint density at radius 3 is 1.42 bits per heavy atom.